The number of hydrogen-bond donors (Lipinski definition) is 0. The maximum atomic E-state index is 11.9. The van der Waals surface area contributed by atoms with Crippen molar-refractivity contribution in [2.45, 2.75) is 125 Å². The van der Waals surface area contributed by atoms with Crippen LogP contribution in [-0.2, 0) is 43.7 Å². The molecule has 258 valence electrons. The van der Waals surface area contributed by atoms with E-state index in [4.69, 9.17) is 8.37 Å². The van der Waals surface area contributed by atoms with Gasteiger partial charge in [0, 0.05) is 0 Å². The summed E-state index contributed by atoms with van der Waals surface area (Å²) in [6, 6.07) is 0. The summed E-state index contributed by atoms with van der Waals surface area (Å²) in [5.41, 5.74) is -0.700. The summed E-state index contributed by atoms with van der Waals surface area (Å²) >= 11 is 0. The van der Waals surface area contributed by atoms with Crippen LogP contribution in [0, 0.1) is 57.7 Å². The van der Waals surface area contributed by atoms with Gasteiger partial charge < -0.3 is 13.7 Å². The van der Waals surface area contributed by atoms with Gasteiger partial charge >= 0.3 is 0 Å². The highest BCUT2D eigenvalue weighted by Gasteiger charge is 2.64. The van der Waals surface area contributed by atoms with Gasteiger partial charge in [0.05, 0.1) is 6.10 Å². The summed E-state index contributed by atoms with van der Waals surface area (Å²) in [5.74, 6) is 0.809. The first kappa shape index (κ1) is 36.4. The summed E-state index contributed by atoms with van der Waals surface area (Å²) < 4.78 is 120. The molecule has 0 aromatic heterocycles. The molecular formula is C29H49O12S3-3. The highest BCUT2D eigenvalue weighted by molar-refractivity contribution is 7.81. The van der Waals surface area contributed by atoms with Crippen molar-refractivity contribution in [1.82, 2.24) is 0 Å². The molecule has 0 aliphatic heterocycles. The molecule has 0 saturated heterocycles. The van der Waals surface area contributed by atoms with Crippen molar-refractivity contribution in [2.75, 3.05) is 0 Å². The van der Waals surface area contributed by atoms with Crippen LogP contribution in [-0.4, -0.2) is 57.2 Å². The Labute approximate surface area is 264 Å². The predicted molar refractivity (Wildman–Crippen MR) is 157 cm³/mol. The van der Waals surface area contributed by atoms with Crippen LogP contribution in [0.4, 0.5) is 0 Å². The standard InChI is InChI=1S/C29H52O12S3/c1-17(8-9-18(2)27(3,4)5)20-10-11-21-19-14-24(39-42(30,31)32)23-15-25(40-43(33,34)35)26(41-44(36,37)38)16-29(23,7)22(19)12-13-28(20,21)6/h17-26H,8-16H2,1-7H3,(H,30,31,32)(H,33,34,35)(H,36,37,38)/p-3/t17-,18-,19+,20-,21+,22+,23-,24+,25-,26-,28-,29-/m1/s1. The van der Waals surface area contributed by atoms with Crippen molar-refractivity contribution < 1.29 is 51.5 Å². The van der Waals surface area contributed by atoms with Crippen LogP contribution >= 0.6 is 0 Å². The van der Waals surface area contributed by atoms with Crippen molar-refractivity contribution in [3.05, 3.63) is 0 Å². The van der Waals surface area contributed by atoms with Gasteiger partial charge in [-0.2, -0.15) is 0 Å². The minimum absolute atomic E-state index is 0.0269. The molecular weight excluding hydrogens is 637 g/mol. The molecule has 12 nitrogen and oxygen atoms in total. The molecule has 0 heterocycles. The molecule has 4 saturated carbocycles. The van der Waals surface area contributed by atoms with Crippen LogP contribution in [0.25, 0.3) is 0 Å². The monoisotopic (exact) mass is 685 g/mol. The van der Waals surface area contributed by atoms with Crippen molar-refractivity contribution in [2.24, 2.45) is 57.7 Å². The maximum absolute atomic E-state index is 11.9. The van der Waals surface area contributed by atoms with Gasteiger partial charge in [-0.25, -0.2) is 25.3 Å². The van der Waals surface area contributed by atoms with E-state index in [1.165, 1.54) is 0 Å². The zero-order valence-electron chi connectivity index (χ0n) is 26.8. The van der Waals surface area contributed by atoms with Crippen molar-refractivity contribution in [3.8, 4) is 0 Å². The number of hydrogen-bond acceptors (Lipinski definition) is 12. The lowest BCUT2D eigenvalue weighted by Gasteiger charge is -2.63. The maximum Gasteiger partial charge on any atom is 0.217 e. The SMILES string of the molecule is C[C@H](CC[C@@H](C)C(C)(C)C)[C@H]1CC[C@H]2[C@@H]3C[C@H](OS(=O)(=O)[O-])[C@H]4C[C@@H](OS(=O)(=O)[O-])[C@H](OS(=O)(=O)[O-])C[C@]4(C)[C@H]3CC[C@]12C. The van der Waals surface area contributed by atoms with Crippen molar-refractivity contribution in [1.29, 1.82) is 0 Å². The first-order valence-electron chi connectivity index (χ1n) is 15.8. The Morgan fingerprint density at radius 2 is 1.23 bits per heavy atom. The lowest BCUT2D eigenvalue weighted by atomic mass is 9.43. The second-order valence-electron chi connectivity index (χ2n) is 15.8. The second-order valence-corrected chi connectivity index (χ2v) is 18.9. The highest BCUT2D eigenvalue weighted by atomic mass is 32.3. The number of rotatable bonds is 10. The van der Waals surface area contributed by atoms with E-state index in [0.717, 1.165) is 38.5 Å². The van der Waals surface area contributed by atoms with Crippen LogP contribution in [0.2, 0.25) is 0 Å². The average molecular weight is 686 g/mol. The third kappa shape index (κ3) is 7.83. The lowest BCUT2D eigenvalue weighted by Crippen LogP contribution is -2.62. The second kappa shape index (κ2) is 12.2. The van der Waals surface area contributed by atoms with E-state index in [1.807, 2.05) is 6.92 Å². The molecule has 0 bridgehead atoms. The van der Waals surface area contributed by atoms with Gasteiger partial charge in [-0.15, -0.1) is 0 Å². The minimum atomic E-state index is -5.35. The predicted octanol–water partition coefficient (Wildman–Crippen LogP) is 4.50. The first-order chi connectivity index (χ1) is 19.8. The van der Waals surface area contributed by atoms with E-state index < -0.39 is 60.8 Å². The molecule has 4 aliphatic carbocycles. The molecule has 4 fully saturated rings. The van der Waals surface area contributed by atoms with Gasteiger partial charge in [0.15, 0.2) is 0 Å². The number of fused-ring (bicyclic) bond motifs is 5. The molecule has 0 spiro atoms. The topological polar surface area (TPSA) is 199 Å². The van der Waals surface area contributed by atoms with E-state index in [1.54, 1.807) is 0 Å². The molecule has 0 N–H and O–H groups in total. The van der Waals surface area contributed by atoms with Gasteiger partial charge in [0.1, 0.15) is 12.2 Å². The van der Waals surface area contributed by atoms with Crippen LogP contribution in [0.5, 0.6) is 0 Å². The lowest BCUT2D eigenvalue weighted by molar-refractivity contribution is -0.184. The highest BCUT2D eigenvalue weighted by Crippen LogP contribution is 2.69. The van der Waals surface area contributed by atoms with Crippen molar-refractivity contribution in [3.63, 3.8) is 0 Å². The van der Waals surface area contributed by atoms with Gasteiger partial charge in [-0.3, -0.25) is 12.5 Å². The van der Waals surface area contributed by atoms with Gasteiger partial charge in [-0.1, -0.05) is 54.9 Å². The fraction of sp³-hybridized carbons (Fsp3) is 1.00. The van der Waals surface area contributed by atoms with Gasteiger partial charge in [0.25, 0.3) is 0 Å². The summed E-state index contributed by atoms with van der Waals surface area (Å²) in [6.45, 7) is 15.6. The van der Waals surface area contributed by atoms with E-state index in [2.05, 4.69) is 45.7 Å². The molecule has 0 aromatic rings. The quantitative estimate of drug-likeness (QED) is 0.231. The third-order valence-electron chi connectivity index (χ3n) is 12.6. The summed E-state index contributed by atoms with van der Waals surface area (Å²) in [4.78, 5) is 0. The molecule has 15 heteroatoms. The van der Waals surface area contributed by atoms with Gasteiger partial charge in [-0.05, 0) is 109 Å². The molecule has 0 radical (unpaired) electrons. The van der Waals surface area contributed by atoms with Gasteiger partial charge in [0.2, 0.25) is 31.2 Å². The van der Waals surface area contributed by atoms with E-state index in [9.17, 15) is 38.9 Å². The molecule has 44 heavy (non-hydrogen) atoms. The molecule has 4 rings (SSSR count). The van der Waals surface area contributed by atoms with Crippen LogP contribution < -0.4 is 0 Å². The first-order valence-corrected chi connectivity index (χ1v) is 19.8. The van der Waals surface area contributed by atoms with E-state index in [0.29, 0.717) is 17.8 Å². The van der Waals surface area contributed by atoms with Crippen LogP contribution in [0.15, 0.2) is 0 Å². The fourth-order valence-corrected chi connectivity index (χ4v) is 11.7. The normalized spacial score (nSPS) is 41.3. The zero-order valence-corrected chi connectivity index (χ0v) is 29.2. The van der Waals surface area contributed by atoms with Crippen LogP contribution in [0.3, 0.4) is 0 Å². The summed E-state index contributed by atoms with van der Waals surface area (Å²) in [5, 5.41) is 0. The van der Waals surface area contributed by atoms with E-state index >= 15 is 0 Å². The smallest absolute Gasteiger partial charge is 0.217 e. The third-order valence-corrected chi connectivity index (χ3v) is 14.1. The van der Waals surface area contributed by atoms with Crippen molar-refractivity contribution >= 4 is 31.2 Å². The fourth-order valence-electron chi connectivity index (χ4n) is 10.1. The Bertz CT molecular complexity index is 1370. The molecule has 0 unspecified atom stereocenters. The minimum Gasteiger partial charge on any atom is -0.726 e. The Hall–Kier alpha value is -0.390. The molecule has 4 aliphatic rings. The Morgan fingerprint density at radius 3 is 1.77 bits per heavy atom. The molecule has 0 aromatic carbocycles. The summed E-state index contributed by atoms with van der Waals surface area (Å²) in [7, 11) is -15.8. The van der Waals surface area contributed by atoms with Crippen LogP contribution in [0.1, 0.15) is 106 Å². The average Bonchev–Trinajstić information content (AvgIpc) is 3.17. The Morgan fingerprint density at radius 1 is 0.705 bits per heavy atom. The van der Waals surface area contributed by atoms with E-state index in [-0.39, 0.29) is 47.8 Å². The zero-order chi connectivity index (χ0) is 33.3. The Kier molecular flexibility index (Phi) is 10.1. The largest absolute Gasteiger partial charge is 0.726 e. The Balaban J connectivity index is 1.66. The summed E-state index contributed by atoms with van der Waals surface area (Å²) in [6.07, 6.45) is 1.15. The molecule has 12 atom stereocenters. The molecule has 0 amide bonds.